The van der Waals surface area contributed by atoms with Crippen LogP contribution in [0, 0.1) is 11.7 Å². The molecule has 0 bridgehead atoms. The summed E-state index contributed by atoms with van der Waals surface area (Å²) in [5.74, 6) is 0.545. The Morgan fingerprint density at radius 2 is 2.33 bits per heavy atom. The first-order chi connectivity index (χ1) is 8.61. The molecule has 1 N–H and O–H groups in total. The minimum Gasteiger partial charge on any atom is -0.319 e. The zero-order valence-corrected chi connectivity index (χ0v) is 12.5. The molecular weight excluding hydrogens is 295 g/mol. The number of hydrogen-bond acceptors (Lipinski definition) is 2. The summed E-state index contributed by atoms with van der Waals surface area (Å²) in [5.41, 5.74) is 1.17. The molecule has 18 heavy (non-hydrogen) atoms. The van der Waals surface area contributed by atoms with Gasteiger partial charge in [0.25, 0.3) is 0 Å². The molecule has 0 saturated carbocycles. The van der Waals surface area contributed by atoms with Crippen molar-refractivity contribution in [2.24, 2.45) is 5.92 Å². The monoisotopic (exact) mass is 314 g/mol. The Kier molecular flexibility index (Phi) is 4.76. The third-order valence-electron chi connectivity index (χ3n) is 3.77. The molecule has 1 aromatic rings. The van der Waals surface area contributed by atoms with E-state index in [-0.39, 0.29) is 5.82 Å². The van der Waals surface area contributed by atoms with Crippen LogP contribution in [0.4, 0.5) is 4.39 Å². The highest BCUT2D eigenvalue weighted by Gasteiger charge is 2.27. The third kappa shape index (κ3) is 3.11. The molecule has 1 aliphatic heterocycles. The number of benzene rings is 1. The summed E-state index contributed by atoms with van der Waals surface area (Å²) in [5, 5.41) is 3.24. The second-order valence-electron chi connectivity index (χ2n) is 5.05. The van der Waals surface area contributed by atoms with Crippen LogP contribution in [0.2, 0.25) is 0 Å². The molecule has 2 atom stereocenters. The molecule has 0 radical (unpaired) electrons. The highest BCUT2D eigenvalue weighted by Crippen LogP contribution is 2.31. The Morgan fingerprint density at radius 1 is 1.56 bits per heavy atom. The van der Waals surface area contributed by atoms with Crippen molar-refractivity contribution in [1.82, 2.24) is 10.2 Å². The maximum Gasteiger partial charge on any atom is 0.124 e. The van der Waals surface area contributed by atoms with Gasteiger partial charge in [-0.1, -0.05) is 22.0 Å². The summed E-state index contributed by atoms with van der Waals surface area (Å²) >= 11 is 3.46. The molecule has 0 spiro atoms. The molecule has 1 fully saturated rings. The number of nitrogens with zero attached hydrogens (tertiary/aromatic N) is 1. The van der Waals surface area contributed by atoms with Crippen LogP contribution in [0.5, 0.6) is 0 Å². The van der Waals surface area contributed by atoms with Crippen LogP contribution in [0.3, 0.4) is 0 Å². The van der Waals surface area contributed by atoms with E-state index in [1.165, 1.54) is 18.1 Å². The first-order valence-corrected chi connectivity index (χ1v) is 7.24. The van der Waals surface area contributed by atoms with Crippen LogP contribution >= 0.6 is 15.9 Å². The second kappa shape index (κ2) is 6.13. The average molecular weight is 315 g/mol. The highest BCUT2D eigenvalue weighted by atomic mass is 79.9. The second-order valence-corrected chi connectivity index (χ2v) is 5.90. The lowest BCUT2D eigenvalue weighted by atomic mass is 10.1. The number of hydrogen-bond donors (Lipinski definition) is 1. The molecule has 1 aliphatic rings. The van der Waals surface area contributed by atoms with Crippen LogP contribution in [0.25, 0.3) is 0 Å². The van der Waals surface area contributed by atoms with E-state index in [9.17, 15) is 4.39 Å². The number of halogens is 2. The summed E-state index contributed by atoms with van der Waals surface area (Å²) in [6, 6.07) is 5.31. The van der Waals surface area contributed by atoms with Gasteiger partial charge in [0.1, 0.15) is 5.82 Å². The molecule has 1 heterocycles. The van der Waals surface area contributed by atoms with E-state index < -0.39 is 0 Å². The van der Waals surface area contributed by atoms with Gasteiger partial charge in [0.05, 0.1) is 0 Å². The Bertz CT molecular complexity index is 411. The number of rotatable bonds is 4. The molecule has 0 amide bonds. The first kappa shape index (κ1) is 14.0. The quantitative estimate of drug-likeness (QED) is 0.918. The molecule has 0 aliphatic carbocycles. The molecule has 1 saturated heterocycles. The molecule has 4 heteroatoms. The fourth-order valence-corrected chi connectivity index (χ4v) is 3.39. The van der Waals surface area contributed by atoms with Gasteiger partial charge >= 0.3 is 0 Å². The standard InChI is InChI=1S/C14H20BrFN2/c1-10(13-4-3-12(16)7-14(13)15)18-6-5-11(9-18)8-17-2/h3-4,7,10-11,17H,5-6,8-9H2,1-2H3. The van der Waals surface area contributed by atoms with Crippen LogP contribution in [0.15, 0.2) is 22.7 Å². The van der Waals surface area contributed by atoms with Gasteiger partial charge in [0.15, 0.2) is 0 Å². The summed E-state index contributed by atoms with van der Waals surface area (Å²) in [7, 11) is 2.00. The summed E-state index contributed by atoms with van der Waals surface area (Å²) in [4.78, 5) is 2.47. The van der Waals surface area contributed by atoms with Crippen molar-refractivity contribution >= 4 is 15.9 Å². The van der Waals surface area contributed by atoms with Crippen molar-refractivity contribution in [3.05, 3.63) is 34.1 Å². The van der Waals surface area contributed by atoms with Crippen LogP contribution in [0.1, 0.15) is 24.9 Å². The fraction of sp³-hybridized carbons (Fsp3) is 0.571. The average Bonchev–Trinajstić information content (AvgIpc) is 2.77. The minimum absolute atomic E-state index is 0.188. The maximum absolute atomic E-state index is 13.1. The molecular formula is C14H20BrFN2. The molecule has 2 nitrogen and oxygen atoms in total. The lowest BCUT2D eigenvalue weighted by molar-refractivity contribution is 0.251. The topological polar surface area (TPSA) is 15.3 Å². The largest absolute Gasteiger partial charge is 0.319 e. The van der Waals surface area contributed by atoms with Gasteiger partial charge in [-0.3, -0.25) is 4.90 Å². The molecule has 2 rings (SSSR count). The van der Waals surface area contributed by atoms with Gasteiger partial charge in [-0.25, -0.2) is 4.39 Å². The van der Waals surface area contributed by atoms with Crippen molar-refractivity contribution in [1.29, 1.82) is 0 Å². The van der Waals surface area contributed by atoms with Gasteiger partial charge in [-0.2, -0.15) is 0 Å². The zero-order chi connectivity index (χ0) is 13.1. The van der Waals surface area contributed by atoms with Crippen molar-refractivity contribution in [3.63, 3.8) is 0 Å². The van der Waals surface area contributed by atoms with E-state index >= 15 is 0 Å². The molecule has 0 aromatic heterocycles. The molecule has 1 aromatic carbocycles. The van der Waals surface area contributed by atoms with E-state index in [1.54, 1.807) is 6.07 Å². The highest BCUT2D eigenvalue weighted by molar-refractivity contribution is 9.10. The molecule has 100 valence electrons. The van der Waals surface area contributed by atoms with Crippen molar-refractivity contribution in [3.8, 4) is 0 Å². The summed E-state index contributed by atoms with van der Waals surface area (Å²) < 4.78 is 14.0. The van der Waals surface area contributed by atoms with Crippen LogP contribution in [-0.2, 0) is 0 Å². The SMILES string of the molecule is CNCC1CCN(C(C)c2ccc(F)cc2Br)C1. The van der Waals surface area contributed by atoms with Gasteiger partial charge in [0.2, 0.25) is 0 Å². The lowest BCUT2D eigenvalue weighted by Crippen LogP contribution is -2.27. The Balaban J connectivity index is 2.05. The van der Waals surface area contributed by atoms with Crippen LogP contribution < -0.4 is 5.32 Å². The number of likely N-dealkylation sites (tertiary alicyclic amines) is 1. The predicted octanol–water partition coefficient (Wildman–Crippen LogP) is 3.19. The van der Waals surface area contributed by atoms with Gasteiger partial charge in [-0.05, 0) is 57.1 Å². The first-order valence-electron chi connectivity index (χ1n) is 6.45. The normalized spacial score (nSPS) is 22.3. The van der Waals surface area contributed by atoms with Crippen molar-refractivity contribution in [2.45, 2.75) is 19.4 Å². The molecule has 2 unspecified atom stereocenters. The van der Waals surface area contributed by atoms with E-state index in [0.717, 1.165) is 30.0 Å². The third-order valence-corrected chi connectivity index (χ3v) is 4.46. The van der Waals surface area contributed by atoms with Crippen molar-refractivity contribution < 1.29 is 4.39 Å². The maximum atomic E-state index is 13.1. The van der Waals surface area contributed by atoms with Gasteiger partial charge in [0, 0.05) is 17.1 Å². The Labute approximate surface area is 117 Å². The van der Waals surface area contributed by atoms with E-state index in [4.69, 9.17) is 0 Å². The van der Waals surface area contributed by atoms with Gasteiger partial charge in [-0.15, -0.1) is 0 Å². The van der Waals surface area contributed by atoms with Crippen LogP contribution in [-0.4, -0.2) is 31.6 Å². The van der Waals surface area contributed by atoms with E-state index in [2.05, 4.69) is 33.1 Å². The summed E-state index contributed by atoms with van der Waals surface area (Å²) in [6.07, 6.45) is 1.24. The van der Waals surface area contributed by atoms with Gasteiger partial charge < -0.3 is 5.32 Å². The number of nitrogens with one attached hydrogen (secondary N) is 1. The lowest BCUT2D eigenvalue weighted by Gasteiger charge is -2.25. The van der Waals surface area contributed by atoms with Crippen molar-refractivity contribution in [2.75, 3.05) is 26.7 Å². The zero-order valence-electron chi connectivity index (χ0n) is 10.9. The predicted molar refractivity (Wildman–Crippen MR) is 76.1 cm³/mol. The van der Waals surface area contributed by atoms with E-state index in [0.29, 0.717) is 6.04 Å². The Morgan fingerprint density at radius 3 is 3.00 bits per heavy atom. The fourth-order valence-electron chi connectivity index (χ4n) is 2.71. The Hall–Kier alpha value is -0.450. The van der Waals surface area contributed by atoms with E-state index in [1.807, 2.05) is 13.1 Å². The smallest absolute Gasteiger partial charge is 0.124 e. The minimum atomic E-state index is -0.188. The summed E-state index contributed by atoms with van der Waals surface area (Å²) in [6.45, 7) is 5.51.